The Morgan fingerprint density at radius 3 is 2.12 bits per heavy atom. The minimum atomic E-state index is -4.29. The Hall–Kier alpha value is -1.92. The molecular formula is C18H22F3N3. The normalized spacial score (nSPS) is 12.1. The van der Waals surface area contributed by atoms with E-state index in [0.717, 1.165) is 36.3 Å². The first-order chi connectivity index (χ1) is 11.3. The molecule has 0 spiro atoms. The van der Waals surface area contributed by atoms with Crippen molar-refractivity contribution in [3.63, 3.8) is 0 Å². The second kappa shape index (κ2) is 8.26. The highest BCUT2D eigenvalue weighted by Gasteiger charge is 2.29. The number of hydrogen-bond donors (Lipinski definition) is 0. The lowest BCUT2D eigenvalue weighted by molar-refractivity contribution is -0.137. The molecule has 0 aliphatic carbocycles. The molecule has 130 valence electrons. The van der Waals surface area contributed by atoms with E-state index in [1.54, 1.807) is 18.3 Å². The maximum Gasteiger partial charge on any atom is 0.416 e. The number of hydrogen-bond acceptors (Lipinski definition) is 3. The summed E-state index contributed by atoms with van der Waals surface area (Å²) in [5.74, 6) is 0. The van der Waals surface area contributed by atoms with E-state index < -0.39 is 11.7 Å². The quantitative estimate of drug-likeness (QED) is 0.769. The summed E-state index contributed by atoms with van der Waals surface area (Å²) in [5, 5.41) is 0. The fraction of sp³-hybridized carbons (Fsp3) is 0.389. The Labute approximate surface area is 140 Å². The van der Waals surface area contributed by atoms with Crippen molar-refractivity contribution in [1.82, 2.24) is 14.8 Å². The van der Waals surface area contributed by atoms with Crippen molar-refractivity contribution < 1.29 is 13.2 Å². The molecular weight excluding hydrogens is 315 g/mol. The lowest BCUT2D eigenvalue weighted by Crippen LogP contribution is -2.31. The Morgan fingerprint density at radius 1 is 0.917 bits per heavy atom. The molecule has 0 aliphatic rings. The number of benzene rings is 1. The number of pyridine rings is 1. The Kier molecular flexibility index (Phi) is 6.34. The van der Waals surface area contributed by atoms with E-state index in [0.29, 0.717) is 13.1 Å². The van der Waals surface area contributed by atoms with Crippen molar-refractivity contribution in [3.8, 4) is 0 Å². The zero-order chi connectivity index (χ0) is 17.6. The summed E-state index contributed by atoms with van der Waals surface area (Å²) < 4.78 is 38.0. The first-order valence-electron chi connectivity index (χ1n) is 7.77. The van der Waals surface area contributed by atoms with Crippen LogP contribution in [0.2, 0.25) is 0 Å². The molecule has 3 nitrogen and oxygen atoms in total. The highest BCUT2D eigenvalue weighted by molar-refractivity contribution is 5.24. The summed E-state index contributed by atoms with van der Waals surface area (Å²) in [5.41, 5.74) is 1.34. The number of alkyl halides is 3. The first kappa shape index (κ1) is 18.4. The largest absolute Gasteiger partial charge is 0.416 e. The standard InChI is InChI=1S/C18H22F3N3/c1-23(2)10-11-24(14-16-4-3-9-22-12-16)13-15-5-7-17(8-6-15)18(19,20)21/h3-9,12H,10-11,13-14H2,1-2H3. The number of likely N-dealkylation sites (N-methyl/N-ethyl adjacent to an activating group) is 1. The summed E-state index contributed by atoms with van der Waals surface area (Å²) >= 11 is 0. The van der Waals surface area contributed by atoms with Gasteiger partial charge in [-0.2, -0.15) is 13.2 Å². The SMILES string of the molecule is CN(C)CCN(Cc1ccc(C(F)(F)F)cc1)Cc1cccnc1. The van der Waals surface area contributed by atoms with Crippen LogP contribution in [0, 0.1) is 0 Å². The van der Waals surface area contributed by atoms with E-state index in [1.807, 2.05) is 32.4 Å². The van der Waals surface area contributed by atoms with Gasteiger partial charge in [0.2, 0.25) is 0 Å². The summed E-state index contributed by atoms with van der Waals surface area (Å²) in [6, 6.07) is 9.27. The van der Waals surface area contributed by atoms with Crippen molar-refractivity contribution in [2.24, 2.45) is 0 Å². The lowest BCUT2D eigenvalue weighted by atomic mass is 10.1. The molecule has 0 fully saturated rings. The van der Waals surface area contributed by atoms with Crippen LogP contribution in [0.25, 0.3) is 0 Å². The third-order valence-electron chi connectivity index (χ3n) is 3.68. The molecule has 2 aromatic rings. The minimum absolute atomic E-state index is 0.598. The summed E-state index contributed by atoms with van der Waals surface area (Å²) in [4.78, 5) is 8.41. The molecule has 6 heteroatoms. The van der Waals surface area contributed by atoms with E-state index in [4.69, 9.17) is 0 Å². The van der Waals surface area contributed by atoms with Crippen LogP contribution in [-0.2, 0) is 19.3 Å². The van der Waals surface area contributed by atoms with Gasteiger partial charge in [-0.05, 0) is 43.4 Å². The van der Waals surface area contributed by atoms with Crippen LogP contribution in [0.15, 0.2) is 48.8 Å². The molecule has 2 rings (SSSR count). The summed E-state index contributed by atoms with van der Waals surface area (Å²) in [6.07, 6.45) is -0.752. The molecule has 0 bridgehead atoms. The van der Waals surface area contributed by atoms with Crippen molar-refractivity contribution in [3.05, 3.63) is 65.5 Å². The highest BCUT2D eigenvalue weighted by atomic mass is 19.4. The van der Waals surface area contributed by atoms with Gasteiger partial charge in [0.1, 0.15) is 0 Å². The predicted octanol–water partition coefficient (Wildman–Crippen LogP) is 3.66. The van der Waals surface area contributed by atoms with Crippen molar-refractivity contribution in [2.75, 3.05) is 27.2 Å². The van der Waals surface area contributed by atoms with Gasteiger partial charge in [0, 0.05) is 38.6 Å². The molecule has 0 unspecified atom stereocenters. The number of nitrogens with zero attached hydrogens (tertiary/aromatic N) is 3. The van der Waals surface area contributed by atoms with Gasteiger partial charge in [-0.15, -0.1) is 0 Å². The van der Waals surface area contributed by atoms with Crippen molar-refractivity contribution >= 4 is 0 Å². The van der Waals surface area contributed by atoms with Gasteiger partial charge in [0.05, 0.1) is 5.56 Å². The van der Waals surface area contributed by atoms with Gasteiger partial charge in [0.25, 0.3) is 0 Å². The third kappa shape index (κ3) is 5.94. The van der Waals surface area contributed by atoms with E-state index >= 15 is 0 Å². The Balaban J connectivity index is 2.06. The number of halogens is 3. The molecule has 1 heterocycles. The maximum atomic E-state index is 12.7. The third-order valence-corrected chi connectivity index (χ3v) is 3.68. The zero-order valence-electron chi connectivity index (χ0n) is 13.9. The molecule has 0 N–H and O–H groups in total. The molecule has 1 aromatic carbocycles. The Morgan fingerprint density at radius 2 is 1.58 bits per heavy atom. The smallest absolute Gasteiger partial charge is 0.308 e. The van der Waals surface area contributed by atoms with Gasteiger partial charge in [-0.3, -0.25) is 9.88 Å². The monoisotopic (exact) mass is 337 g/mol. The second-order valence-corrected chi connectivity index (χ2v) is 6.07. The lowest BCUT2D eigenvalue weighted by Gasteiger charge is -2.24. The van der Waals surface area contributed by atoms with Crippen LogP contribution in [0.1, 0.15) is 16.7 Å². The average molecular weight is 337 g/mol. The average Bonchev–Trinajstić information content (AvgIpc) is 2.53. The molecule has 0 saturated carbocycles. The van der Waals surface area contributed by atoms with Crippen LogP contribution < -0.4 is 0 Å². The zero-order valence-corrected chi connectivity index (χ0v) is 13.9. The topological polar surface area (TPSA) is 19.4 Å². The number of aromatic nitrogens is 1. The molecule has 1 aromatic heterocycles. The van der Waals surface area contributed by atoms with Crippen molar-refractivity contribution in [1.29, 1.82) is 0 Å². The van der Waals surface area contributed by atoms with E-state index in [9.17, 15) is 13.2 Å². The minimum Gasteiger partial charge on any atom is -0.308 e. The van der Waals surface area contributed by atoms with Crippen LogP contribution in [0.5, 0.6) is 0 Å². The second-order valence-electron chi connectivity index (χ2n) is 6.07. The summed E-state index contributed by atoms with van der Waals surface area (Å²) in [6.45, 7) is 3.01. The molecule has 24 heavy (non-hydrogen) atoms. The van der Waals surface area contributed by atoms with E-state index in [1.165, 1.54) is 0 Å². The van der Waals surface area contributed by atoms with Crippen molar-refractivity contribution in [2.45, 2.75) is 19.3 Å². The molecule has 0 saturated heterocycles. The van der Waals surface area contributed by atoms with Crippen LogP contribution in [0.3, 0.4) is 0 Å². The van der Waals surface area contributed by atoms with Crippen LogP contribution in [-0.4, -0.2) is 42.0 Å². The van der Waals surface area contributed by atoms with Gasteiger partial charge in [-0.25, -0.2) is 0 Å². The van der Waals surface area contributed by atoms with Crippen LogP contribution in [0.4, 0.5) is 13.2 Å². The summed E-state index contributed by atoms with van der Waals surface area (Å²) in [7, 11) is 4.00. The van der Waals surface area contributed by atoms with Gasteiger partial charge >= 0.3 is 6.18 Å². The number of rotatable bonds is 7. The van der Waals surface area contributed by atoms with E-state index in [2.05, 4.69) is 14.8 Å². The van der Waals surface area contributed by atoms with Gasteiger partial charge in [-0.1, -0.05) is 18.2 Å². The molecule has 0 amide bonds. The van der Waals surface area contributed by atoms with Crippen LogP contribution >= 0.6 is 0 Å². The fourth-order valence-corrected chi connectivity index (χ4v) is 2.36. The molecule has 0 atom stereocenters. The maximum absolute atomic E-state index is 12.7. The van der Waals surface area contributed by atoms with Gasteiger partial charge in [0.15, 0.2) is 0 Å². The van der Waals surface area contributed by atoms with E-state index in [-0.39, 0.29) is 0 Å². The first-order valence-corrected chi connectivity index (χ1v) is 7.77. The molecule has 0 radical (unpaired) electrons. The Bertz CT molecular complexity index is 610. The molecule has 0 aliphatic heterocycles. The fourth-order valence-electron chi connectivity index (χ4n) is 2.36. The van der Waals surface area contributed by atoms with Gasteiger partial charge < -0.3 is 4.90 Å². The highest BCUT2D eigenvalue weighted by Crippen LogP contribution is 2.29. The predicted molar refractivity (Wildman–Crippen MR) is 88.3 cm³/mol.